The molecular formula is C24H22ClNO4S. The number of hydrogen-bond acceptors (Lipinski definition) is 4. The molecule has 0 spiro atoms. The first kappa shape index (κ1) is 21.4. The number of nitrogens with zero attached hydrogens (tertiary/aromatic N) is 1. The number of hydrogen-bond donors (Lipinski definition) is 0. The Kier molecular flexibility index (Phi) is 5.77. The number of rotatable bonds is 5. The van der Waals surface area contributed by atoms with E-state index in [1.165, 1.54) is 4.31 Å². The van der Waals surface area contributed by atoms with Crippen molar-refractivity contribution < 1.29 is 17.9 Å². The van der Waals surface area contributed by atoms with Crippen molar-refractivity contribution in [2.24, 2.45) is 0 Å². The number of benzene rings is 3. The van der Waals surface area contributed by atoms with Crippen LogP contribution < -0.4 is 4.31 Å². The normalized spacial score (nSPS) is 15.2. The number of esters is 1. The van der Waals surface area contributed by atoms with Gasteiger partial charge in [-0.2, -0.15) is 0 Å². The molecule has 0 N–H and O–H groups in total. The molecule has 160 valence electrons. The molecule has 1 atom stereocenters. The minimum Gasteiger partial charge on any atom is -0.466 e. The molecule has 1 aliphatic rings. The van der Waals surface area contributed by atoms with Crippen molar-refractivity contribution in [1.82, 2.24) is 0 Å². The van der Waals surface area contributed by atoms with Gasteiger partial charge in [0.15, 0.2) is 0 Å². The summed E-state index contributed by atoms with van der Waals surface area (Å²) in [6.45, 7) is 3.85. The van der Waals surface area contributed by atoms with Crippen molar-refractivity contribution in [1.29, 1.82) is 0 Å². The minimum absolute atomic E-state index is 0.109. The van der Waals surface area contributed by atoms with Crippen LogP contribution in [0.4, 0.5) is 5.69 Å². The van der Waals surface area contributed by atoms with Crippen LogP contribution in [0.5, 0.6) is 0 Å². The van der Waals surface area contributed by atoms with Gasteiger partial charge in [0, 0.05) is 10.6 Å². The van der Waals surface area contributed by atoms with Crippen LogP contribution in [0.25, 0.3) is 11.1 Å². The van der Waals surface area contributed by atoms with Crippen LogP contribution in [0.15, 0.2) is 71.6 Å². The Balaban J connectivity index is 1.95. The molecule has 31 heavy (non-hydrogen) atoms. The highest BCUT2D eigenvalue weighted by Gasteiger charge is 2.40. The fraction of sp³-hybridized carbons (Fsp3) is 0.208. The SMILES string of the molecule is CCOC(=O)CC1c2ccc(Cl)cc2-c2ccccc2N1S(=O)(=O)c1ccc(C)cc1. The summed E-state index contributed by atoms with van der Waals surface area (Å²) in [6.07, 6.45) is -0.109. The summed E-state index contributed by atoms with van der Waals surface area (Å²) in [5.41, 5.74) is 3.74. The summed E-state index contributed by atoms with van der Waals surface area (Å²) in [4.78, 5) is 12.6. The van der Waals surface area contributed by atoms with Crippen LogP contribution >= 0.6 is 11.6 Å². The minimum atomic E-state index is -3.96. The van der Waals surface area contributed by atoms with E-state index in [9.17, 15) is 13.2 Å². The molecule has 5 nitrogen and oxygen atoms in total. The second-order valence-electron chi connectivity index (χ2n) is 7.39. The predicted molar refractivity (Wildman–Crippen MR) is 122 cm³/mol. The van der Waals surface area contributed by atoms with Crippen LogP contribution in [-0.2, 0) is 19.6 Å². The van der Waals surface area contributed by atoms with Crippen LogP contribution in [0.2, 0.25) is 5.02 Å². The van der Waals surface area contributed by atoms with Crippen molar-refractivity contribution >= 4 is 33.3 Å². The molecule has 0 radical (unpaired) electrons. The molecule has 0 saturated heterocycles. The molecule has 0 aliphatic carbocycles. The number of anilines is 1. The lowest BCUT2D eigenvalue weighted by molar-refractivity contribution is -0.143. The van der Waals surface area contributed by atoms with Gasteiger partial charge < -0.3 is 4.74 Å². The van der Waals surface area contributed by atoms with Crippen molar-refractivity contribution in [3.05, 3.63) is 82.9 Å². The van der Waals surface area contributed by atoms with Gasteiger partial charge in [0.25, 0.3) is 10.0 Å². The Morgan fingerprint density at radius 3 is 2.45 bits per heavy atom. The summed E-state index contributed by atoms with van der Waals surface area (Å²) in [7, 11) is -3.96. The van der Waals surface area contributed by atoms with Crippen LogP contribution in [0.1, 0.15) is 30.5 Å². The lowest BCUT2D eigenvalue weighted by Crippen LogP contribution is -2.39. The Morgan fingerprint density at radius 1 is 1.03 bits per heavy atom. The highest BCUT2D eigenvalue weighted by atomic mass is 35.5. The highest BCUT2D eigenvalue weighted by molar-refractivity contribution is 7.92. The lowest BCUT2D eigenvalue weighted by Gasteiger charge is -2.39. The molecule has 4 rings (SSSR count). The maximum absolute atomic E-state index is 13.8. The molecule has 1 heterocycles. The third kappa shape index (κ3) is 3.93. The van der Waals surface area contributed by atoms with E-state index in [1.807, 2.05) is 25.1 Å². The number of halogens is 1. The van der Waals surface area contributed by atoms with Gasteiger partial charge in [-0.1, -0.05) is 53.6 Å². The maximum Gasteiger partial charge on any atom is 0.308 e. The fourth-order valence-electron chi connectivity index (χ4n) is 3.93. The summed E-state index contributed by atoms with van der Waals surface area (Å²) >= 11 is 6.26. The van der Waals surface area contributed by atoms with Crippen LogP contribution in [-0.4, -0.2) is 21.0 Å². The van der Waals surface area contributed by atoms with Crippen LogP contribution in [0, 0.1) is 6.92 Å². The van der Waals surface area contributed by atoms with Crippen molar-refractivity contribution in [2.75, 3.05) is 10.9 Å². The number of fused-ring (bicyclic) bond motifs is 3. The van der Waals surface area contributed by atoms with E-state index in [0.717, 1.165) is 16.7 Å². The van der Waals surface area contributed by atoms with Gasteiger partial charge in [-0.15, -0.1) is 0 Å². The third-order valence-electron chi connectivity index (χ3n) is 5.33. The molecule has 0 saturated carbocycles. The van der Waals surface area contributed by atoms with Crippen LogP contribution in [0.3, 0.4) is 0 Å². The topological polar surface area (TPSA) is 63.7 Å². The molecule has 3 aromatic carbocycles. The maximum atomic E-state index is 13.8. The molecule has 0 aromatic heterocycles. The van der Waals surface area contributed by atoms with E-state index < -0.39 is 22.0 Å². The average Bonchev–Trinajstić information content (AvgIpc) is 2.74. The first-order valence-electron chi connectivity index (χ1n) is 9.98. The van der Waals surface area contributed by atoms with E-state index in [0.29, 0.717) is 16.3 Å². The largest absolute Gasteiger partial charge is 0.466 e. The van der Waals surface area contributed by atoms with E-state index in [4.69, 9.17) is 16.3 Å². The quantitative estimate of drug-likeness (QED) is 0.475. The molecule has 0 bridgehead atoms. The average molecular weight is 456 g/mol. The zero-order chi connectivity index (χ0) is 22.2. The van der Waals surface area contributed by atoms with E-state index >= 15 is 0 Å². The van der Waals surface area contributed by atoms with Gasteiger partial charge in [-0.25, -0.2) is 8.42 Å². The Hall–Kier alpha value is -2.83. The zero-order valence-corrected chi connectivity index (χ0v) is 18.8. The smallest absolute Gasteiger partial charge is 0.308 e. The molecular weight excluding hydrogens is 434 g/mol. The number of carbonyl (C=O) groups excluding carboxylic acids is 1. The number of carbonyl (C=O) groups is 1. The molecule has 1 aliphatic heterocycles. The first-order chi connectivity index (χ1) is 14.8. The Labute approximate surface area is 187 Å². The monoisotopic (exact) mass is 455 g/mol. The standard InChI is InChI=1S/C24H22ClNO4S/c1-3-30-24(27)15-23-20-13-10-17(25)14-21(20)19-6-4-5-7-22(19)26(23)31(28,29)18-11-8-16(2)9-12-18/h4-14,23H,3,15H2,1-2H3. The summed E-state index contributed by atoms with van der Waals surface area (Å²) in [5.74, 6) is -0.461. The summed E-state index contributed by atoms with van der Waals surface area (Å²) in [5, 5.41) is 0.540. The predicted octanol–water partition coefficient (Wildman–Crippen LogP) is 5.52. The summed E-state index contributed by atoms with van der Waals surface area (Å²) < 4.78 is 34.2. The third-order valence-corrected chi connectivity index (χ3v) is 7.40. The summed E-state index contributed by atoms with van der Waals surface area (Å²) in [6, 6.07) is 18.5. The second kappa shape index (κ2) is 8.36. The molecule has 7 heteroatoms. The molecule has 0 fully saturated rings. The Bertz CT molecular complexity index is 1240. The number of ether oxygens (including phenoxy) is 1. The van der Waals surface area contributed by atoms with Gasteiger partial charge in [-0.05, 0) is 55.3 Å². The zero-order valence-electron chi connectivity index (χ0n) is 17.2. The second-order valence-corrected chi connectivity index (χ2v) is 9.64. The fourth-order valence-corrected chi connectivity index (χ4v) is 5.75. The number of para-hydroxylation sites is 1. The number of aryl methyl sites for hydroxylation is 1. The van der Waals surface area contributed by atoms with Gasteiger partial charge in [0.05, 0.1) is 29.7 Å². The highest BCUT2D eigenvalue weighted by Crippen LogP contribution is 2.49. The van der Waals surface area contributed by atoms with Gasteiger partial charge >= 0.3 is 5.97 Å². The van der Waals surface area contributed by atoms with E-state index in [-0.39, 0.29) is 17.9 Å². The molecule has 3 aromatic rings. The molecule has 1 unspecified atom stereocenters. The van der Waals surface area contributed by atoms with E-state index in [2.05, 4.69) is 0 Å². The Morgan fingerprint density at radius 2 is 1.74 bits per heavy atom. The van der Waals surface area contributed by atoms with Crippen molar-refractivity contribution in [3.63, 3.8) is 0 Å². The van der Waals surface area contributed by atoms with E-state index in [1.54, 1.807) is 55.5 Å². The first-order valence-corrected chi connectivity index (χ1v) is 11.8. The molecule has 0 amide bonds. The lowest BCUT2D eigenvalue weighted by atomic mass is 9.88. The van der Waals surface area contributed by atoms with Gasteiger partial charge in [-0.3, -0.25) is 9.10 Å². The van der Waals surface area contributed by atoms with Gasteiger partial charge in [0.1, 0.15) is 0 Å². The van der Waals surface area contributed by atoms with Gasteiger partial charge in [0.2, 0.25) is 0 Å². The van der Waals surface area contributed by atoms with Crippen molar-refractivity contribution in [2.45, 2.75) is 31.2 Å². The van der Waals surface area contributed by atoms with Crippen molar-refractivity contribution in [3.8, 4) is 11.1 Å². The number of sulfonamides is 1.